The SMILES string of the molecule is CCc1c(Br)cc(C2(O)OCC(C)(C)NC2C)cc1Br. The lowest BCUT2D eigenvalue weighted by Crippen LogP contribution is -2.63. The minimum absolute atomic E-state index is 0.135. The van der Waals surface area contributed by atoms with Crippen LogP contribution in [0, 0.1) is 0 Å². The van der Waals surface area contributed by atoms with Crippen molar-refractivity contribution in [2.45, 2.75) is 51.5 Å². The number of nitrogens with one attached hydrogen (secondary N) is 1. The van der Waals surface area contributed by atoms with E-state index in [1.165, 1.54) is 5.56 Å². The van der Waals surface area contributed by atoms with Gasteiger partial charge in [-0.25, -0.2) is 0 Å². The average molecular weight is 407 g/mol. The summed E-state index contributed by atoms with van der Waals surface area (Å²) in [5.41, 5.74) is 1.81. The standard InChI is InChI=1S/C15H21Br2NO2/c1-5-11-12(16)6-10(7-13(11)17)15(19)9(2)18-14(3,4)8-20-15/h6-7,9,18-19H,5,8H2,1-4H3. The Morgan fingerprint density at radius 2 is 1.90 bits per heavy atom. The van der Waals surface area contributed by atoms with Gasteiger partial charge in [-0.2, -0.15) is 0 Å². The second-order valence-electron chi connectivity index (χ2n) is 6.01. The molecule has 1 saturated heterocycles. The van der Waals surface area contributed by atoms with Crippen molar-refractivity contribution in [1.29, 1.82) is 0 Å². The molecule has 1 aromatic rings. The van der Waals surface area contributed by atoms with Crippen molar-refractivity contribution in [1.82, 2.24) is 5.32 Å². The van der Waals surface area contributed by atoms with Gasteiger partial charge < -0.3 is 15.2 Å². The van der Waals surface area contributed by atoms with Crippen LogP contribution in [0.1, 0.15) is 38.8 Å². The molecule has 0 aliphatic carbocycles. The number of hydrogen-bond donors (Lipinski definition) is 2. The first kappa shape index (κ1) is 16.4. The van der Waals surface area contributed by atoms with Gasteiger partial charge >= 0.3 is 0 Å². The fourth-order valence-electron chi connectivity index (χ4n) is 2.62. The highest BCUT2D eigenvalue weighted by Crippen LogP contribution is 2.37. The molecule has 0 spiro atoms. The lowest BCUT2D eigenvalue weighted by Gasteiger charge is -2.46. The third kappa shape index (κ3) is 2.97. The fourth-order valence-corrected chi connectivity index (χ4v) is 4.37. The number of benzene rings is 1. The van der Waals surface area contributed by atoms with E-state index in [-0.39, 0.29) is 11.6 Å². The Bertz CT molecular complexity index is 496. The first-order valence-electron chi connectivity index (χ1n) is 6.82. The van der Waals surface area contributed by atoms with Gasteiger partial charge in [0.15, 0.2) is 0 Å². The lowest BCUT2D eigenvalue weighted by molar-refractivity contribution is -0.263. The highest BCUT2D eigenvalue weighted by atomic mass is 79.9. The Kier molecular flexibility index (Phi) is 4.67. The summed E-state index contributed by atoms with van der Waals surface area (Å²) in [7, 11) is 0. The van der Waals surface area contributed by atoms with Crippen LogP contribution in [0.25, 0.3) is 0 Å². The Hall–Kier alpha value is 0.0600. The zero-order valence-corrected chi connectivity index (χ0v) is 15.4. The molecule has 0 saturated carbocycles. The quantitative estimate of drug-likeness (QED) is 0.786. The maximum absolute atomic E-state index is 10.9. The molecule has 1 aromatic carbocycles. The molecular weight excluding hydrogens is 386 g/mol. The summed E-state index contributed by atoms with van der Waals surface area (Å²) in [6.07, 6.45) is 0.918. The number of aliphatic hydroxyl groups is 1. The highest BCUT2D eigenvalue weighted by Gasteiger charge is 2.45. The number of ether oxygens (including phenoxy) is 1. The second-order valence-corrected chi connectivity index (χ2v) is 7.72. The van der Waals surface area contributed by atoms with Crippen molar-refractivity contribution < 1.29 is 9.84 Å². The summed E-state index contributed by atoms with van der Waals surface area (Å²) in [6, 6.07) is 3.69. The Labute approximate surface area is 137 Å². The van der Waals surface area contributed by atoms with Crippen LogP contribution in [-0.2, 0) is 16.9 Å². The Balaban J connectivity index is 2.40. The molecule has 2 atom stereocenters. The zero-order valence-electron chi connectivity index (χ0n) is 12.3. The molecule has 1 aliphatic heterocycles. The van der Waals surface area contributed by atoms with E-state index in [2.05, 4.69) is 57.9 Å². The second kappa shape index (κ2) is 5.69. The molecule has 0 amide bonds. The van der Waals surface area contributed by atoms with Gasteiger partial charge in [0.1, 0.15) is 0 Å². The van der Waals surface area contributed by atoms with Crippen molar-refractivity contribution in [3.8, 4) is 0 Å². The summed E-state index contributed by atoms with van der Waals surface area (Å²) in [5.74, 6) is -1.31. The summed E-state index contributed by atoms with van der Waals surface area (Å²) in [5, 5.41) is 14.3. The van der Waals surface area contributed by atoms with Crippen molar-refractivity contribution in [3.63, 3.8) is 0 Å². The molecule has 5 heteroatoms. The van der Waals surface area contributed by atoms with Crippen molar-refractivity contribution in [2.24, 2.45) is 0 Å². The van der Waals surface area contributed by atoms with Gasteiger partial charge in [0.05, 0.1) is 12.6 Å². The van der Waals surface area contributed by atoms with Gasteiger partial charge in [0.25, 0.3) is 0 Å². The highest BCUT2D eigenvalue weighted by molar-refractivity contribution is 9.11. The first-order valence-corrected chi connectivity index (χ1v) is 8.40. The van der Waals surface area contributed by atoms with Gasteiger partial charge in [-0.05, 0) is 44.9 Å². The molecule has 1 fully saturated rings. The lowest BCUT2D eigenvalue weighted by atomic mass is 9.92. The summed E-state index contributed by atoms with van der Waals surface area (Å²) in [6.45, 7) is 8.63. The van der Waals surface area contributed by atoms with Crippen LogP contribution in [0.2, 0.25) is 0 Å². The van der Waals surface area contributed by atoms with Crippen LogP contribution in [0.3, 0.4) is 0 Å². The van der Waals surface area contributed by atoms with Crippen LogP contribution in [0.4, 0.5) is 0 Å². The zero-order chi connectivity index (χ0) is 15.1. The van der Waals surface area contributed by atoms with Crippen LogP contribution in [0.15, 0.2) is 21.1 Å². The first-order chi connectivity index (χ1) is 9.19. The molecule has 3 nitrogen and oxygen atoms in total. The molecule has 1 heterocycles. The normalized spacial score (nSPS) is 29.4. The van der Waals surface area contributed by atoms with Crippen molar-refractivity contribution in [2.75, 3.05) is 6.61 Å². The number of rotatable bonds is 2. The minimum atomic E-state index is -1.31. The third-order valence-electron chi connectivity index (χ3n) is 3.76. The molecule has 0 aromatic heterocycles. The van der Waals surface area contributed by atoms with Gasteiger partial charge in [0, 0.05) is 20.0 Å². The number of hydrogen-bond acceptors (Lipinski definition) is 3. The molecule has 2 unspecified atom stereocenters. The van der Waals surface area contributed by atoms with E-state index in [0.717, 1.165) is 20.9 Å². The predicted molar refractivity (Wildman–Crippen MR) is 87.7 cm³/mol. The van der Waals surface area contributed by atoms with Crippen LogP contribution < -0.4 is 5.32 Å². The van der Waals surface area contributed by atoms with E-state index >= 15 is 0 Å². The van der Waals surface area contributed by atoms with Gasteiger partial charge in [-0.15, -0.1) is 0 Å². The molecule has 20 heavy (non-hydrogen) atoms. The third-order valence-corrected chi connectivity index (χ3v) is 5.17. The molecule has 112 valence electrons. The maximum Gasteiger partial charge on any atom is 0.208 e. The fraction of sp³-hybridized carbons (Fsp3) is 0.600. The van der Waals surface area contributed by atoms with E-state index in [4.69, 9.17) is 4.74 Å². The maximum atomic E-state index is 10.9. The smallest absolute Gasteiger partial charge is 0.208 e. The summed E-state index contributed by atoms with van der Waals surface area (Å²) < 4.78 is 7.78. The topological polar surface area (TPSA) is 41.5 Å². The molecule has 0 bridgehead atoms. The molecule has 0 radical (unpaired) electrons. The Morgan fingerprint density at radius 1 is 1.35 bits per heavy atom. The van der Waals surface area contributed by atoms with E-state index < -0.39 is 5.79 Å². The summed E-state index contributed by atoms with van der Waals surface area (Å²) >= 11 is 7.15. The van der Waals surface area contributed by atoms with Crippen LogP contribution in [0.5, 0.6) is 0 Å². The van der Waals surface area contributed by atoms with Crippen LogP contribution in [-0.4, -0.2) is 23.3 Å². The van der Waals surface area contributed by atoms with E-state index in [0.29, 0.717) is 6.61 Å². The summed E-state index contributed by atoms with van der Waals surface area (Å²) in [4.78, 5) is 0. The minimum Gasteiger partial charge on any atom is -0.361 e. The predicted octanol–water partition coefficient (Wildman–Crippen LogP) is 3.71. The van der Waals surface area contributed by atoms with Crippen molar-refractivity contribution in [3.05, 3.63) is 32.2 Å². The largest absolute Gasteiger partial charge is 0.361 e. The Morgan fingerprint density at radius 3 is 2.35 bits per heavy atom. The molecular formula is C15H21Br2NO2. The van der Waals surface area contributed by atoms with E-state index in [9.17, 15) is 5.11 Å². The number of halogens is 2. The van der Waals surface area contributed by atoms with E-state index in [1.807, 2.05) is 19.1 Å². The number of morpholine rings is 1. The van der Waals surface area contributed by atoms with Gasteiger partial charge in [-0.3, -0.25) is 0 Å². The average Bonchev–Trinajstić information content (AvgIpc) is 2.33. The monoisotopic (exact) mass is 405 g/mol. The molecule has 2 rings (SSSR count). The van der Waals surface area contributed by atoms with Gasteiger partial charge in [-0.1, -0.05) is 38.8 Å². The molecule has 1 aliphatic rings. The van der Waals surface area contributed by atoms with Crippen molar-refractivity contribution >= 4 is 31.9 Å². The van der Waals surface area contributed by atoms with Gasteiger partial charge in [0.2, 0.25) is 5.79 Å². The van der Waals surface area contributed by atoms with Crippen LogP contribution >= 0.6 is 31.9 Å². The van der Waals surface area contributed by atoms with E-state index in [1.54, 1.807) is 0 Å². The molecule has 2 N–H and O–H groups in total.